The lowest BCUT2D eigenvalue weighted by molar-refractivity contribution is -0.292. The molecule has 0 aromatic heterocycles. The summed E-state index contributed by atoms with van der Waals surface area (Å²) in [5, 5.41) is 39.6. The number of rotatable bonds is 2. The summed E-state index contributed by atoms with van der Waals surface area (Å²) >= 11 is 0. The summed E-state index contributed by atoms with van der Waals surface area (Å²) in [5.41, 5.74) is 0. The van der Waals surface area contributed by atoms with E-state index in [0.717, 1.165) is 0 Å². The van der Waals surface area contributed by atoms with E-state index in [1.807, 2.05) is 0 Å². The van der Waals surface area contributed by atoms with Gasteiger partial charge in [-0.1, -0.05) is 0 Å². The molecule has 1 amide bonds. The molecular weight excluding hydrogens is 234 g/mol. The lowest BCUT2D eigenvalue weighted by Crippen LogP contribution is -2.69. The molecule has 2 saturated heterocycles. The summed E-state index contributed by atoms with van der Waals surface area (Å²) < 4.78 is 10.3. The zero-order valence-corrected chi connectivity index (χ0v) is 8.89. The van der Waals surface area contributed by atoms with Gasteiger partial charge in [-0.25, -0.2) is 0 Å². The van der Waals surface area contributed by atoms with Crippen molar-refractivity contribution in [3.63, 3.8) is 0 Å². The fraction of sp³-hybridized carbons (Fsp3) is 0.889. The first-order valence-electron chi connectivity index (χ1n) is 5.27. The van der Waals surface area contributed by atoms with Gasteiger partial charge < -0.3 is 35.2 Å². The van der Waals surface area contributed by atoms with Crippen LogP contribution in [0.15, 0.2) is 0 Å². The number of nitrogens with one attached hydrogen (secondary N) is 1. The van der Waals surface area contributed by atoms with Crippen LogP contribution in [0.25, 0.3) is 0 Å². The van der Waals surface area contributed by atoms with Gasteiger partial charge in [0.05, 0.1) is 13.2 Å². The molecule has 98 valence electrons. The Morgan fingerprint density at radius 3 is 2.41 bits per heavy atom. The number of aliphatic hydroxyl groups is 4. The summed E-state index contributed by atoms with van der Waals surface area (Å²) in [6.07, 6.45) is -5.66. The van der Waals surface area contributed by atoms with Gasteiger partial charge in [-0.3, -0.25) is 4.79 Å². The maximum absolute atomic E-state index is 11.4. The third-order valence-electron chi connectivity index (χ3n) is 2.95. The molecule has 8 heteroatoms. The van der Waals surface area contributed by atoms with Gasteiger partial charge in [0.25, 0.3) is 5.91 Å². The van der Waals surface area contributed by atoms with E-state index in [-0.39, 0.29) is 0 Å². The zero-order valence-electron chi connectivity index (χ0n) is 8.89. The van der Waals surface area contributed by atoms with Crippen molar-refractivity contribution in [1.82, 2.24) is 5.32 Å². The normalized spacial score (nSPS) is 46.2. The number of aliphatic hydroxyl groups excluding tert-OH is 4. The molecule has 5 N–H and O–H groups in total. The molecule has 2 aliphatic rings. The quantitative estimate of drug-likeness (QED) is 0.340. The first kappa shape index (κ1) is 12.7. The number of hydrogen-bond acceptors (Lipinski definition) is 7. The Labute approximate surface area is 96.8 Å². The van der Waals surface area contributed by atoms with Crippen LogP contribution in [0.5, 0.6) is 0 Å². The summed E-state index contributed by atoms with van der Waals surface area (Å²) in [7, 11) is 0. The van der Waals surface area contributed by atoms with E-state index in [1.165, 1.54) is 0 Å². The van der Waals surface area contributed by atoms with Crippen molar-refractivity contribution in [1.29, 1.82) is 0 Å². The van der Waals surface area contributed by atoms with Crippen molar-refractivity contribution in [3.05, 3.63) is 0 Å². The number of carbonyl (C=O) groups excluding carboxylic acids is 1. The van der Waals surface area contributed by atoms with Crippen LogP contribution in [0, 0.1) is 0 Å². The zero-order chi connectivity index (χ0) is 12.6. The highest BCUT2D eigenvalue weighted by Gasteiger charge is 2.49. The van der Waals surface area contributed by atoms with E-state index in [0.29, 0.717) is 0 Å². The third-order valence-corrected chi connectivity index (χ3v) is 2.95. The second-order valence-corrected chi connectivity index (χ2v) is 4.05. The summed E-state index contributed by atoms with van der Waals surface area (Å²) in [6.45, 7) is -0.997. The molecule has 2 rings (SSSR count). The predicted molar refractivity (Wildman–Crippen MR) is 51.6 cm³/mol. The average molecular weight is 249 g/mol. The first-order valence-corrected chi connectivity index (χ1v) is 5.27. The van der Waals surface area contributed by atoms with Crippen LogP contribution < -0.4 is 5.32 Å². The molecule has 8 nitrogen and oxygen atoms in total. The monoisotopic (exact) mass is 249 g/mol. The van der Waals surface area contributed by atoms with Crippen molar-refractivity contribution >= 4 is 5.91 Å². The highest BCUT2D eigenvalue weighted by Crippen LogP contribution is 2.25. The van der Waals surface area contributed by atoms with E-state index < -0.39 is 55.9 Å². The predicted octanol–water partition coefficient (Wildman–Crippen LogP) is -3.70. The second kappa shape index (κ2) is 4.84. The Bertz CT molecular complexity index is 299. The highest BCUT2D eigenvalue weighted by atomic mass is 16.7. The molecule has 0 aromatic carbocycles. The number of fused-ring (bicyclic) bond motifs is 1. The Hall–Kier alpha value is -0.770. The highest BCUT2D eigenvalue weighted by molar-refractivity contribution is 5.82. The summed E-state index contributed by atoms with van der Waals surface area (Å²) in [5.74, 6) is -0.578. The van der Waals surface area contributed by atoms with Gasteiger partial charge in [0.2, 0.25) is 0 Å². The number of hydrogen-bond donors (Lipinski definition) is 5. The van der Waals surface area contributed by atoms with Gasteiger partial charge in [-0.15, -0.1) is 0 Å². The van der Waals surface area contributed by atoms with Crippen molar-refractivity contribution in [3.8, 4) is 0 Å². The molecular formula is C9H15NO7. The van der Waals surface area contributed by atoms with Crippen LogP contribution >= 0.6 is 0 Å². The van der Waals surface area contributed by atoms with Crippen LogP contribution in [0.1, 0.15) is 0 Å². The fourth-order valence-corrected chi connectivity index (χ4v) is 1.96. The number of morpholine rings is 1. The SMILES string of the molecule is O=C1NC2[C@H](OC(CO)[C@@H](O)[C@@H]2O)O[C@@H]1CO. The lowest BCUT2D eigenvalue weighted by Gasteiger charge is -2.45. The van der Waals surface area contributed by atoms with Crippen LogP contribution in [-0.2, 0) is 14.3 Å². The van der Waals surface area contributed by atoms with Gasteiger partial charge >= 0.3 is 0 Å². The summed E-state index contributed by atoms with van der Waals surface area (Å²) in [4.78, 5) is 11.4. The van der Waals surface area contributed by atoms with Crippen molar-refractivity contribution in [2.24, 2.45) is 0 Å². The molecule has 17 heavy (non-hydrogen) atoms. The van der Waals surface area contributed by atoms with E-state index >= 15 is 0 Å². The minimum atomic E-state index is -1.31. The van der Waals surface area contributed by atoms with Crippen molar-refractivity contribution in [2.75, 3.05) is 13.2 Å². The molecule has 0 aromatic rings. The molecule has 0 spiro atoms. The molecule has 6 atom stereocenters. The van der Waals surface area contributed by atoms with Gasteiger partial charge in [0.1, 0.15) is 24.4 Å². The summed E-state index contributed by atoms with van der Waals surface area (Å²) in [6, 6.07) is -0.914. The van der Waals surface area contributed by atoms with Crippen LogP contribution in [-0.4, -0.2) is 76.3 Å². The molecule has 2 heterocycles. The molecule has 2 aliphatic heterocycles. The van der Waals surface area contributed by atoms with Gasteiger partial charge in [0, 0.05) is 0 Å². The smallest absolute Gasteiger partial charge is 0.252 e. The maximum atomic E-state index is 11.4. The van der Waals surface area contributed by atoms with Gasteiger partial charge in [-0.2, -0.15) is 0 Å². The van der Waals surface area contributed by atoms with E-state index in [2.05, 4.69) is 5.32 Å². The van der Waals surface area contributed by atoms with Crippen molar-refractivity contribution in [2.45, 2.75) is 36.7 Å². The molecule has 2 unspecified atom stereocenters. The minimum Gasteiger partial charge on any atom is -0.394 e. The Morgan fingerprint density at radius 1 is 1.12 bits per heavy atom. The molecule has 0 bridgehead atoms. The average Bonchev–Trinajstić information content (AvgIpc) is 2.34. The Kier molecular flexibility index (Phi) is 3.61. The van der Waals surface area contributed by atoms with E-state index in [1.54, 1.807) is 0 Å². The van der Waals surface area contributed by atoms with E-state index in [4.69, 9.17) is 19.7 Å². The van der Waals surface area contributed by atoms with Crippen LogP contribution in [0.4, 0.5) is 0 Å². The minimum absolute atomic E-state index is 0.484. The topological polar surface area (TPSA) is 128 Å². The molecule has 0 radical (unpaired) electrons. The molecule has 2 fully saturated rings. The maximum Gasteiger partial charge on any atom is 0.252 e. The van der Waals surface area contributed by atoms with Gasteiger partial charge in [0.15, 0.2) is 12.4 Å². The van der Waals surface area contributed by atoms with Gasteiger partial charge in [-0.05, 0) is 0 Å². The fourth-order valence-electron chi connectivity index (χ4n) is 1.96. The van der Waals surface area contributed by atoms with Crippen molar-refractivity contribution < 1.29 is 34.7 Å². The van der Waals surface area contributed by atoms with Crippen LogP contribution in [0.2, 0.25) is 0 Å². The Balaban J connectivity index is 2.12. The van der Waals surface area contributed by atoms with Crippen LogP contribution in [0.3, 0.4) is 0 Å². The third kappa shape index (κ3) is 2.15. The number of amides is 1. The van der Waals surface area contributed by atoms with E-state index in [9.17, 15) is 15.0 Å². The standard InChI is InChI=1S/C9H15NO7/c11-1-3-6(13)7(14)5-9(16-3)17-4(2-12)8(15)10-5/h3-7,9,11-14H,1-2H2,(H,10,15)/t3?,4-,5?,6-,7-,9-/m1/s1. The molecule has 0 aliphatic carbocycles. The number of ether oxygens (including phenoxy) is 2. The largest absolute Gasteiger partial charge is 0.394 e. The second-order valence-electron chi connectivity index (χ2n) is 4.05. The Morgan fingerprint density at radius 2 is 1.82 bits per heavy atom. The lowest BCUT2D eigenvalue weighted by atomic mass is 9.95. The number of carbonyl (C=O) groups is 1. The first-order chi connectivity index (χ1) is 8.08. The molecule has 0 saturated carbocycles.